The molecule has 0 fully saturated rings. The van der Waals surface area contributed by atoms with E-state index in [0.717, 1.165) is 0 Å². The molecule has 0 unspecified atom stereocenters. The maximum Gasteiger partial charge on any atom is 0.471 e. The molecule has 0 aliphatic rings. The van der Waals surface area contributed by atoms with Crippen LogP contribution in [0, 0.1) is 0 Å². The van der Waals surface area contributed by atoms with E-state index in [9.17, 15) is 22.8 Å². The number of carboxylic acids is 1. The first-order valence-corrected chi connectivity index (χ1v) is 6.00. The third-order valence-electron chi connectivity index (χ3n) is 2.75. The van der Waals surface area contributed by atoms with Crippen LogP contribution in [0.25, 0.3) is 0 Å². The molecule has 2 N–H and O–H groups in total. The van der Waals surface area contributed by atoms with Gasteiger partial charge in [-0.2, -0.15) is 13.2 Å². The average molecular weight is 321 g/mol. The van der Waals surface area contributed by atoms with Gasteiger partial charge in [0.15, 0.2) is 11.5 Å². The zero-order valence-electron chi connectivity index (χ0n) is 11.7. The van der Waals surface area contributed by atoms with Gasteiger partial charge in [0.2, 0.25) is 0 Å². The van der Waals surface area contributed by atoms with Gasteiger partial charge in [-0.05, 0) is 17.7 Å². The van der Waals surface area contributed by atoms with Crippen LogP contribution < -0.4 is 14.8 Å². The summed E-state index contributed by atoms with van der Waals surface area (Å²) in [5.74, 6) is -3.05. The number of halogens is 3. The molecular formula is C13H14F3NO5. The van der Waals surface area contributed by atoms with E-state index in [2.05, 4.69) is 0 Å². The molecule has 0 aliphatic heterocycles. The van der Waals surface area contributed by atoms with Gasteiger partial charge in [0.05, 0.1) is 26.7 Å². The lowest BCUT2D eigenvalue weighted by atomic mass is 10.0. The molecule has 0 radical (unpaired) electrons. The van der Waals surface area contributed by atoms with Gasteiger partial charge in [-0.25, -0.2) is 0 Å². The lowest BCUT2D eigenvalue weighted by Gasteiger charge is -2.19. The monoisotopic (exact) mass is 321 g/mol. The molecule has 1 aromatic rings. The van der Waals surface area contributed by atoms with Gasteiger partial charge in [-0.15, -0.1) is 0 Å². The van der Waals surface area contributed by atoms with Crippen LogP contribution in [0.15, 0.2) is 18.2 Å². The van der Waals surface area contributed by atoms with E-state index in [-0.39, 0.29) is 11.3 Å². The summed E-state index contributed by atoms with van der Waals surface area (Å²) in [4.78, 5) is 21.8. The fraction of sp³-hybridized carbons (Fsp3) is 0.385. The third-order valence-corrected chi connectivity index (χ3v) is 2.75. The van der Waals surface area contributed by atoms with E-state index in [1.165, 1.54) is 32.4 Å². The van der Waals surface area contributed by atoms with E-state index in [1.54, 1.807) is 5.32 Å². The summed E-state index contributed by atoms with van der Waals surface area (Å²) >= 11 is 0. The zero-order chi connectivity index (χ0) is 16.9. The first-order valence-electron chi connectivity index (χ1n) is 6.00. The van der Waals surface area contributed by atoms with E-state index in [4.69, 9.17) is 14.6 Å². The van der Waals surface area contributed by atoms with E-state index >= 15 is 0 Å². The van der Waals surface area contributed by atoms with Gasteiger partial charge in [-0.1, -0.05) is 6.07 Å². The lowest BCUT2D eigenvalue weighted by Crippen LogP contribution is -2.39. The Hall–Kier alpha value is -2.45. The third kappa shape index (κ3) is 4.54. The van der Waals surface area contributed by atoms with Crippen LogP contribution in [0.2, 0.25) is 0 Å². The molecule has 6 nitrogen and oxygen atoms in total. The summed E-state index contributed by atoms with van der Waals surface area (Å²) < 4.78 is 46.9. The van der Waals surface area contributed by atoms with Gasteiger partial charge < -0.3 is 19.9 Å². The number of carboxylic acid groups (broad SMARTS) is 1. The van der Waals surface area contributed by atoms with Crippen molar-refractivity contribution >= 4 is 11.9 Å². The van der Waals surface area contributed by atoms with Gasteiger partial charge in [-0.3, -0.25) is 9.59 Å². The Balaban J connectivity index is 3.11. The molecule has 0 saturated heterocycles. The Morgan fingerprint density at radius 1 is 1.23 bits per heavy atom. The molecule has 0 aliphatic carbocycles. The number of aliphatic carboxylic acids is 1. The highest BCUT2D eigenvalue weighted by molar-refractivity contribution is 5.82. The number of amides is 1. The summed E-state index contributed by atoms with van der Waals surface area (Å²) in [5.41, 5.74) is 0.151. The Kier molecular flexibility index (Phi) is 5.61. The Morgan fingerprint density at radius 2 is 1.82 bits per heavy atom. The molecule has 0 bridgehead atoms. The highest BCUT2D eigenvalue weighted by Crippen LogP contribution is 2.31. The molecule has 1 rings (SSSR count). The van der Waals surface area contributed by atoms with Crippen LogP contribution in [0.3, 0.4) is 0 Å². The van der Waals surface area contributed by atoms with Gasteiger partial charge in [0, 0.05) is 0 Å². The zero-order valence-corrected chi connectivity index (χ0v) is 11.7. The molecule has 1 amide bonds. The molecule has 122 valence electrons. The molecule has 1 aromatic carbocycles. The van der Waals surface area contributed by atoms with Gasteiger partial charge in [0.1, 0.15) is 0 Å². The van der Waals surface area contributed by atoms with Crippen LogP contribution in [-0.2, 0) is 9.59 Å². The van der Waals surface area contributed by atoms with Crippen molar-refractivity contribution in [2.45, 2.75) is 18.6 Å². The van der Waals surface area contributed by atoms with Crippen LogP contribution in [-0.4, -0.2) is 37.4 Å². The van der Waals surface area contributed by atoms with E-state index < -0.39 is 30.5 Å². The second kappa shape index (κ2) is 7.01. The largest absolute Gasteiger partial charge is 0.493 e. The first-order chi connectivity index (χ1) is 10.2. The van der Waals surface area contributed by atoms with Crippen molar-refractivity contribution in [3.8, 4) is 11.5 Å². The molecule has 1 atom stereocenters. The molecule has 0 heterocycles. The molecule has 0 saturated carbocycles. The number of rotatable bonds is 6. The van der Waals surface area contributed by atoms with Crippen LogP contribution in [0.4, 0.5) is 13.2 Å². The minimum atomic E-state index is -5.10. The van der Waals surface area contributed by atoms with Crippen molar-refractivity contribution in [2.24, 2.45) is 0 Å². The number of ether oxygens (including phenoxy) is 2. The molecule has 0 aromatic heterocycles. The normalized spacial score (nSPS) is 12.4. The SMILES string of the molecule is COc1ccc([C@H](CC(=O)O)NC(=O)C(F)(F)F)cc1OC. The number of hydrogen-bond acceptors (Lipinski definition) is 4. The molecule has 22 heavy (non-hydrogen) atoms. The lowest BCUT2D eigenvalue weighted by molar-refractivity contribution is -0.174. The Labute approximate surface area is 123 Å². The summed E-state index contributed by atoms with van der Waals surface area (Å²) in [6, 6.07) is 2.71. The van der Waals surface area contributed by atoms with Crippen molar-refractivity contribution in [1.29, 1.82) is 0 Å². The summed E-state index contributed by atoms with van der Waals surface area (Å²) in [7, 11) is 2.69. The van der Waals surface area contributed by atoms with Crippen LogP contribution in [0.5, 0.6) is 11.5 Å². The fourth-order valence-corrected chi connectivity index (χ4v) is 1.74. The quantitative estimate of drug-likeness (QED) is 0.836. The van der Waals surface area contributed by atoms with Crippen LogP contribution in [0.1, 0.15) is 18.0 Å². The van der Waals surface area contributed by atoms with E-state index in [0.29, 0.717) is 5.75 Å². The van der Waals surface area contributed by atoms with Crippen LogP contribution >= 0.6 is 0 Å². The highest BCUT2D eigenvalue weighted by Gasteiger charge is 2.40. The van der Waals surface area contributed by atoms with Crippen molar-refractivity contribution < 1.29 is 37.3 Å². The standard InChI is InChI=1S/C13H14F3NO5/c1-21-9-4-3-7(5-10(9)22-2)8(6-11(18)19)17-12(20)13(14,15)16/h3-5,8H,6H2,1-2H3,(H,17,20)(H,18,19)/t8-/m0/s1. The number of carbonyl (C=O) groups excluding carboxylic acids is 1. The Bertz CT molecular complexity index is 559. The number of benzene rings is 1. The number of nitrogens with one attached hydrogen (secondary N) is 1. The maximum atomic E-state index is 12.3. The molecular weight excluding hydrogens is 307 g/mol. The fourth-order valence-electron chi connectivity index (χ4n) is 1.74. The summed E-state index contributed by atoms with van der Waals surface area (Å²) in [5, 5.41) is 10.5. The second-order valence-corrected chi connectivity index (χ2v) is 4.24. The topological polar surface area (TPSA) is 84.9 Å². The summed E-state index contributed by atoms with van der Waals surface area (Å²) in [6.45, 7) is 0. The van der Waals surface area contributed by atoms with Crippen molar-refractivity contribution in [2.75, 3.05) is 14.2 Å². The van der Waals surface area contributed by atoms with Gasteiger partial charge in [0.25, 0.3) is 0 Å². The van der Waals surface area contributed by atoms with Crippen molar-refractivity contribution in [3.63, 3.8) is 0 Å². The predicted octanol–water partition coefficient (Wildman–Crippen LogP) is 1.90. The Morgan fingerprint density at radius 3 is 2.27 bits per heavy atom. The maximum absolute atomic E-state index is 12.3. The summed E-state index contributed by atoms with van der Waals surface area (Å²) in [6.07, 6.45) is -5.81. The van der Waals surface area contributed by atoms with E-state index in [1.807, 2.05) is 0 Å². The number of hydrogen-bond donors (Lipinski definition) is 2. The minimum absolute atomic E-state index is 0.151. The molecule has 9 heteroatoms. The smallest absolute Gasteiger partial charge is 0.471 e. The first kappa shape index (κ1) is 17.6. The van der Waals surface area contributed by atoms with Crippen molar-refractivity contribution in [1.82, 2.24) is 5.32 Å². The number of alkyl halides is 3. The highest BCUT2D eigenvalue weighted by atomic mass is 19.4. The number of carbonyl (C=O) groups is 2. The second-order valence-electron chi connectivity index (χ2n) is 4.24. The number of methoxy groups -OCH3 is 2. The van der Waals surface area contributed by atoms with Gasteiger partial charge >= 0.3 is 18.1 Å². The average Bonchev–Trinajstić information content (AvgIpc) is 2.44. The predicted molar refractivity (Wildman–Crippen MR) is 68.7 cm³/mol. The van der Waals surface area contributed by atoms with Crippen molar-refractivity contribution in [3.05, 3.63) is 23.8 Å². The molecule has 0 spiro atoms. The minimum Gasteiger partial charge on any atom is -0.493 e.